The fourth-order valence-corrected chi connectivity index (χ4v) is 1.63. The van der Waals surface area contributed by atoms with E-state index < -0.39 is 23.8 Å². The Bertz CT molecular complexity index is 458. The van der Waals surface area contributed by atoms with Gasteiger partial charge in [0, 0.05) is 25.4 Å². The van der Waals surface area contributed by atoms with Crippen LogP contribution < -0.4 is 10.6 Å². The lowest BCUT2D eigenvalue weighted by molar-refractivity contribution is -0.143. The molecule has 1 rings (SSSR count). The minimum atomic E-state index is -1.23. The third-order valence-electron chi connectivity index (χ3n) is 2.57. The lowest BCUT2D eigenvalue weighted by atomic mass is 10.2. The Morgan fingerprint density at radius 1 is 1.45 bits per heavy atom. The van der Waals surface area contributed by atoms with Gasteiger partial charge in [0.25, 0.3) is 0 Å². The van der Waals surface area contributed by atoms with Crippen molar-refractivity contribution in [2.45, 2.75) is 32.2 Å². The van der Waals surface area contributed by atoms with Gasteiger partial charge in [-0.1, -0.05) is 0 Å². The number of imidazole rings is 1. The molecule has 4 N–H and O–H groups in total. The van der Waals surface area contributed by atoms with Gasteiger partial charge in [0.1, 0.15) is 6.04 Å². The summed E-state index contributed by atoms with van der Waals surface area (Å²) in [5.74, 6) is -2.12. The number of aliphatic carboxylic acids is 1. The van der Waals surface area contributed by atoms with E-state index in [1.807, 2.05) is 0 Å². The van der Waals surface area contributed by atoms with Crippen LogP contribution in [-0.4, -0.2) is 45.4 Å². The standard InChI is InChI=1S/C12H18N4O4/c1-8(17)16-10(12(19)20)5-11(18)14-4-2-3-9-6-13-7-15-9/h6-7,10H,2-5H2,1H3,(H,13,15)(H,14,18)(H,16,17)(H,19,20). The largest absolute Gasteiger partial charge is 0.480 e. The second kappa shape index (κ2) is 7.93. The Kier molecular flexibility index (Phi) is 6.21. The Labute approximate surface area is 116 Å². The molecule has 0 saturated carbocycles. The number of carboxylic acid groups (broad SMARTS) is 1. The van der Waals surface area contributed by atoms with Crippen LogP contribution in [0.3, 0.4) is 0 Å². The molecular weight excluding hydrogens is 264 g/mol. The Balaban J connectivity index is 2.24. The third kappa shape index (κ3) is 5.98. The van der Waals surface area contributed by atoms with Crippen molar-refractivity contribution in [3.05, 3.63) is 18.2 Å². The number of carbonyl (C=O) groups is 3. The van der Waals surface area contributed by atoms with Gasteiger partial charge in [-0.2, -0.15) is 0 Å². The number of hydrogen-bond donors (Lipinski definition) is 4. The minimum absolute atomic E-state index is 0.279. The molecule has 8 heteroatoms. The number of nitrogens with zero attached hydrogens (tertiary/aromatic N) is 1. The van der Waals surface area contributed by atoms with E-state index >= 15 is 0 Å². The van der Waals surface area contributed by atoms with Gasteiger partial charge in [0.05, 0.1) is 12.7 Å². The van der Waals surface area contributed by atoms with Crippen LogP contribution in [0.4, 0.5) is 0 Å². The molecule has 0 bridgehead atoms. The summed E-state index contributed by atoms with van der Waals surface area (Å²) in [5.41, 5.74) is 0.973. The molecular formula is C12H18N4O4. The molecule has 110 valence electrons. The van der Waals surface area contributed by atoms with E-state index in [1.54, 1.807) is 12.5 Å². The Hall–Kier alpha value is -2.38. The van der Waals surface area contributed by atoms with E-state index in [4.69, 9.17) is 5.11 Å². The second-order valence-corrected chi connectivity index (χ2v) is 4.33. The number of H-pyrrole nitrogens is 1. The number of carboxylic acids is 1. The van der Waals surface area contributed by atoms with Crippen molar-refractivity contribution in [1.29, 1.82) is 0 Å². The van der Waals surface area contributed by atoms with E-state index in [9.17, 15) is 14.4 Å². The van der Waals surface area contributed by atoms with E-state index in [0.29, 0.717) is 13.0 Å². The fourth-order valence-electron chi connectivity index (χ4n) is 1.63. The van der Waals surface area contributed by atoms with E-state index in [0.717, 1.165) is 12.1 Å². The number of hydrogen-bond acceptors (Lipinski definition) is 4. The highest BCUT2D eigenvalue weighted by Gasteiger charge is 2.21. The van der Waals surface area contributed by atoms with Gasteiger partial charge in [-0.15, -0.1) is 0 Å². The van der Waals surface area contributed by atoms with Crippen LogP contribution in [0.1, 0.15) is 25.5 Å². The quantitative estimate of drug-likeness (QED) is 0.476. The molecule has 1 heterocycles. The molecule has 0 spiro atoms. The molecule has 20 heavy (non-hydrogen) atoms. The summed E-state index contributed by atoms with van der Waals surface area (Å²) in [7, 11) is 0. The van der Waals surface area contributed by atoms with Crippen LogP contribution in [-0.2, 0) is 20.8 Å². The second-order valence-electron chi connectivity index (χ2n) is 4.33. The van der Waals surface area contributed by atoms with Crippen molar-refractivity contribution < 1.29 is 19.5 Å². The van der Waals surface area contributed by atoms with Gasteiger partial charge in [-0.3, -0.25) is 9.59 Å². The molecule has 0 aliphatic carbocycles. The smallest absolute Gasteiger partial charge is 0.326 e. The minimum Gasteiger partial charge on any atom is -0.480 e. The summed E-state index contributed by atoms with van der Waals surface area (Å²) < 4.78 is 0. The average molecular weight is 282 g/mol. The molecule has 0 fully saturated rings. The number of aromatic amines is 1. The summed E-state index contributed by atoms with van der Waals surface area (Å²) in [6.45, 7) is 1.64. The first kappa shape index (κ1) is 15.7. The predicted molar refractivity (Wildman–Crippen MR) is 69.8 cm³/mol. The number of carbonyl (C=O) groups excluding carboxylic acids is 2. The molecule has 0 aliphatic rings. The third-order valence-corrected chi connectivity index (χ3v) is 2.57. The monoisotopic (exact) mass is 282 g/mol. The maximum Gasteiger partial charge on any atom is 0.326 e. The number of nitrogens with one attached hydrogen (secondary N) is 3. The number of rotatable bonds is 8. The average Bonchev–Trinajstić information content (AvgIpc) is 2.86. The van der Waals surface area contributed by atoms with Crippen LogP contribution in [0.2, 0.25) is 0 Å². The van der Waals surface area contributed by atoms with Crippen molar-refractivity contribution >= 4 is 17.8 Å². The summed E-state index contributed by atoms with van der Waals surface area (Å²) in [6, 6.07) is -1.19. The Morgan fingerprint density at radius 3 is 2.75 bits per heavy atom. The molecule has 0 aliphatic heterocycles. The number of amides is 2. The first-order valence-electron chi connectivity index (χ1n) is 6.23. The molecule has 1 aromatic rings. The van der Waals surface area contributed by atoms with Crippen LogP contribution in [0.25, 0.3) is 0 Å². The number of aromatic nitrogens is 2. The zero-order valence-electron chi connectivity index (χ0n) is 11.2. The number of aryl methyl sites for hydroxylation is 1. The molecule has 0 saturated heterocycles. The zero-order valence-corrected chi connectivity index (χ0v) is 11.2. The first-order chi connectivity index (χ1) is 9.49. The van der Waals surface area contributed by atoms with Crippen LogP contribution >= 0.6 is 0 Å². The van der Waals surface area contributed by atoms with Crippen molar-refractivity contribution in [2.24, 2.45) is 0 Å². The molecule has 0 aromatic carbocycles. The summed E-state index contributed by atoms with van der Waals surface area (Å²) in [4.78, 5) is 40.0. The molecule has 0 radical (unpaired) electrons. The predicted octanol–water partition coefficient (Wildman–Crippen LogP) is -0.562. The van der Waals surface area contributed by atoms with Gasteiger partial charge in [-0.05, 0) is 12.8 Å². The van der Waals surface area contributed by atoms with E-state index in [-0.39, 0.29) is 6.42 Å². The van der Waals surface area contributed by atoms with Crippen LogP contribution in [0.5, 0.6) is 0 Å². The lowest BCUT2D eigenvalue weighted by Crippen LogP contribution is -2.43. The molecule has 1 atom stereocenters. The SMILES string of the molecule is CC(=O)NC(CC(=O)NCCCc1cnc[nH]1)C(=O)O. The van der Waals surface area contributed by atoms with Gasteiger partial charge in [0.2, 0.25) is 11.8 Å². The topological polar surface area (TPSA) is 124 Å². The van der Waals surface area contributed by atoms with Gasteiger partial charge >= 0.3 is 5.97 Å². The summed E-state index contributed by atoms with van der Waals surface area (Å²) in [6.07, 6.45) is 4.47. The molecule has 1 unspecified atom stereocenters. The van der Waals surface area contributed by atoms with E-state index in [1.165, 1.54) is 6.92 Å². The lowest BCUT2D eigenvalue weighted by Gasteiger charge is -2.12. The Morgan fingerprint density at radius 2 is 2.20 bits per heavy atom. The highest BCUT2D eigenvalue weighted by molar-refractivity contribution is 5.87. The van der Waals surface area contributed by atoms with Crippen molar-refractivity contribution in [3.63, 3.8) is 0 Å². The highest BCUT2D eigenvalue weighted by atomic mass is 16.4. The normalized spacial score (nSPS) is 11.7. The maximum absolute atomic E-state index is 11.6. The maximum atomic E-state index is 11.6. The van der Waals surface area contributed by atoms with E-state index in [2.05, 4.69) is 20.6 Å². The van der Waals surface area contributed by atoms with Crippen molar-refractivity contribution in [2.75, 3.05) is 6.54 Å². The zero-order chi connectivity index (χ0) is 15.0. The molecule has 8 nitrogen and oxygen atoms in total. The summed E-state index contributed by atoms with van der Waals surface area (Å²) >= 11 is 0. The van der Waals surface area contributed by atoms with Crippen LogP contribution in [0, 0.1) is 0 Å². The van der Waals surface area contributed by atoms with Gasteiger partial charge < -0.3 is 20.7 Å². The highest BCUT2D eigenvalue weighted by Crippen LogP contribution is 1.97. The molecule has 1 aromatic heterocycles. The van der Waals surface area contributed by atoms with Crippen LogP contribution in [0.15, 0.2) is 12.5 Å². The summed E-state index contributed by atoms with van der Waals surface area (Å²) in [5, 5.41) is 13.7. The molecule has 2 amide bonds. The fraction of sp³-hybridized carbons (Fsp3) is 0.500. The van der Waals surface area contributed by atoms with Gasteiger partial charge in [-0.25, -0.2) is 9.78 Å². The first-order valence-corrected chi connectivity index (χ1v) is 6.23. The van der Waals surface area contributed by atoms with Gasteiger partial charge in [0.15, 0.2) is 0 Å². The van der Waals surface area contributed by atoms with Crippen molar-refractivity contribution in [3.8, 4) is 0 Å². The van der Waals surface area contributed by atoms with Crippen molar-refractivity contribution in [1.82, 2.24) is 20.6 Å².